The molecule has 8 heteroatoms. The fourth-order valence-corrected chi connectivity index (χ4v) is 5.24. The molecule has 1 atom stereocenters. The van der Waals surface area contributed by atoms with Crippen molar-refractivity contribution in [1.29, 1.82) is 0 Å². The fraction of sp³-hybridized carbons (Fsp3) is 0.500. The lowest BCUT2D eigenvalue weighted by Crippen LogP contribution is -2.44. The number of amides is 1. The van der Waals surface area contributed by atoms with Crippen molar-refractivity contribution in [3.63, 3.8) is 0 Å². The number of amidine groups is 1. The number of carbonyl (C=O) groups is 1. The Morgan fingerprint density at radius 1 is 1.38 bits per heavy atom. The summed E-state index contributed by atoms with van der Waals surface area (Å²) >= 11 is 1.15. The van der Waals surface area contributed by atoms with Crippen molar-refractivity contribution in [2.24, 2.45) is 4.40 Å². The summed E-state index contributed by atoms with van der Waals surface area (Å²) in [5, 5.41) is 3.26. The number of hydrogen-bond acceptors (Lipinski definition) is 5. The van der Waals surface area contributed by atoms with Crippen molar-refractivity contribution in [2.75, 3.05) is 17.6 Å². The minimum Gasteiger partial charge on any atom is -0.339 e. The van der Waals surface area contributed by atoms with E-state index in [2.05, 4.69) is 16.6 Å². The van der Waals surface area contributed by atoms with Crippen molar-refractivity contribution >= 4 is 38.5 Å². The van der Waals surface area contributed by atoms with Gasteiger partial charge >= 0.3 is 0 Å². The molecule has 2 aliphatic heterocycles. The third-order valence-electron chi connectivity index (χ3n) is 4.36. The largest absolute Gasteiger partial charge is 0.339 e. The summed E-state index contributed by atoms with van der Waals surface area (Å²) < 4.78 is 28.2. The van der Waals surface area contributed by atoms with E-state index >= 15 is 0 Å². The number of fused-ring (bicyclic) bond motifs is 1. The molecule has 1 unspecified atom stereocenters. The zero-order valence-corrected chi connectivity index (χ0v) is 15.2. The van der Waals surface area contributed by atoms with E-state index in [4.69, 9.17) is 0 Å². The Morgan fingerprint density at radius 2 is 2.17 bits per heavy atom. The second kappa shape index (κ2) is 7.14. The summed E-state index contributed by atoms with van der Waals surface area (Å²) in [6, 6.07) is 6.95. The number of carbonyl (C=O) groups excluding carboxylic acids is 1. The number of nitrogens with one attached hydrogen (secondary N) is 1. The molecular formula is C16H21N3O3S2. The van der Waals surface area contributed by atoms with Gasteiger partial charge in [0.2, 0.25) is 5.91 Å². The Labute approximate surface area is 146 Å². The maximum absolute atomic E-state index is 12.5. The Bertz CT molecular complexity index is 762. The van der Waals surface area contributed by atoms with Crippen LogP contribution < -0.4 is 5.32 Å². The molecule has 2 heterocycles. The zero-order valence-electron chi connectivity index (χ0n) is 13.6. The molecule has 1 fully saturated rings. The lowest BCUT2D eigenvalue weighted by Gasteiger charge is -2.35. The van der Waals surface area contributed by atoms with Crippen LogP contribution in [0, 0.1) is 0 Å². The molecule has 1 amide bonds. The van der Waals surface area contributed by atoms with Crippen LogP contribution in [0.2, 0.25) is 0 Å². The van der Waals surface area contributed by atoms with E-state index in [0.717, 1.165) is 37.6 Å². The maximum atomic E-state index is 12.5. The summed E-state index contributed by atoms with van der Waals surface area (Å²) in [5.74, 6) is 0.243. The number of rotatable bonds is 3. The van der Waals surface area contributed by atoms with Crippen LogP contribution in [0.15, 0.2) is 33.6 Å². The molecule has 3 rings (SSSR count). The van der Waals surface area contributed by atoms with E-state index < -0.39 is 10.0 Å². The molecule has 1 aromatic carbocycles. The van der Waals surface area contributed by atoms with Crippen molar-refractivity contribution in [2.45, 2.75) is 43.5 Å². The molecule has 0 bridgehead atoms. The molecule has 130 valence electrons. The highest BCUT2D eigenvalue weighted by Crippen LogP contribution is 2.29. The lowest BCUT2D eigenvalue weighted by atomic mass is 10.0. The van der Waals surface area contributed by atoms with Crippen LogP contribution in [0.4, 0.5) is 5.69 Å². The highest BCUT2D eigenvalue weighted by atomic mass is 32.2. The SMILES string of the molecule is CCC1CCCCN1C(=O)CSC1=NS(=O)(=O)c2ccccc2N1. The van der Waals surface area contributed by atoms with Crippen molar-refractivity contribution in [1.82, 2.24) is 4.90 Å². The van der Waals surface area contributed by atoms with Crippen molar-refractivity contribution in [3.8, 4) is 0 Å². The van der Waals surface area contributed by atoms with Crippen LogP contribution in [0.25, 0.3) is 0 Å². The molecule has 0 saturated carbocycles. The zero-order chi connectivity index (χ0) is 17.2. The highest BCUT2D eigenvalue weighted by molar-refractivity contribution is 8.15. The summed E-state index contributed by atoms with van der Waals surface area (Å²) in [6.07, 6.45) is 4.21. The van der Waals surface area contributed by atoms with Gasteiger partial charge in [0.25, 0.3) is 10.0 Å². The molecule has 0 spiro atoms. The van der Waals surface area contributed by atoms with Crippen LogP contribution in [-0.4, -0.2) is 42.7 Å². The van der Waals surface area contributed by atoms with Gasteiger partial charge in [0.05, 0.1) is 11.4 Å². The summed E-state index contributed by atoms with van der Waals surface area (Å²) in [4.78, 5) is 14.6. The molecule has 1 aromatic rings. The van der Waals surface area contributed by atoms with E-state index in [0.29, 0.717) is 11.7 Å². The number of piperidine rings is 1. The molecule has 24 heavy (non-hydrogen) atoms. The van der Waals surface area contributed by atoms with Gasteiger partial charge in [0, 0.05) is 12.6 Å². The number of sulfonamides is 1. The Morgan fingerprint density at radius 3 is 2.96 bits per heavy atom. The van der Waals surface area contributed by atoms with Gasteiger partial charge < -0.3 is 10.2 Å². The average molecular weight is 367 g/mol. The second-order valence-electron chi connectivity index (χ2n) is 5.93. The van der Waals surface area contributed by atoms with Gasteiger partial charge in [-0.15, -0.1) is 4.40 Å². The molecular weight excluding hydrogens is 346 g/mol. The first kappa shape index (κ1) is 17.3. The standard InChI is InChI=1S/C16H21N3O3S2/c1-2-12-7-5-6-10-19(12)15(20)11-23-16-17-13-8-3-4-9-14(13)24(21,22)18-16/h3-4,8-9,12H,2,5-7,10-11H2,1H3,(H,17,18). The lowest BCUT2D eigenvalue weighted by molar-refractivity contribution is -0.132. The minimum atomic E-state index is -3.70. The van der Waals surface area contributed by atoms with Gasteiger partial charge in [-0.05, 0) is 37.8 Å². The van der Waals surface area contributed by atoms with E-state index in [1.807, 2.05) is 4.90 Å². The molecule has 0 aromatic heterocycles. The minimum absolute atomic E-state index is 0.0484. The van der Waals surface area contributed by atoms with Gasteiger partial charge in [-0.25, -0.2) is 0 Å². The smallest absolute Gasteiger partial charge is 0.286 e. The van der Waals surface area contributed by atoms with E-state index in [-0.39, 0.29) is 21.7 Å². The van der Waals surface area contributed by atoms with E-state index in [9.17, 15) is 13.2 Å². The normalized spacial score (nSPS) is 22.3. The van der Waals surface area contributed by atoms with Gasteiger partial charge in [-0.1, -0.05) is 30.8 Å². The number of nitrogens with zero attached hydrogens (tertiary/aromatic N) is 2. The van der Waals surface area contributed by atoms with Gasteiger partial charge in [-0.2, -0.15) is 8.42 Å². The number of hydrogen-bond donors (Lipinski definition) is 1. The van der Waals surface area contributed by atoms with Gasteiger partial charge in [-0.3, -0.25) is 4.79 Å². The quantitative estimate of drug-likeness (QED) is 0.888. The first-order valence-electron chi connectivity index (χ1n) is 8.14. The van der Waals surface area contributed by atoms with Crippen molar-refractivity contribution in [3.05, 3.63) is 24.3 Å². The van der Waals surface area contributed by atoms with Crippen molar-refractivity contribution < 1.29 is 13.2 Å². The molecule has 2 aliphatic rings. The Kier molecular flexibility index (Phi) is 5.15. The van der Waals surface area contributed by atoms with Crippen LogP contribution in [-0.2, 0) is 14.8 Å². The molecule has 0 aliphatic carbocycles. The number of benzene rings is 1. The number of para-hydroxylation sites is 1. The van der Waals surface area contributed by atoms with Crippen LogP contribution in [0.1, 0.15) is 32.6 Å². The van der Waals surface area contributed by atoms with E-state index in [1.54, 1.807) is 18.2 Å². The first-order valence-corrected chi connectivity index (χ1v) is 10.6. The molecule has 6 nitrogen and oxygen atoms in total. The van der Waals surface area contributed by atoms with Crippen LogP contribution in [0.3, 0.4) is 0 Å². The molecule has 1 saturated heterocycles. The predicted molar refractivity (Wildman–Crippen MR) is 96.8 cm³/mol. The van der Waals surface area contributed by atoms with E-state index in [1.165, 1.54) is 12.5 Å². The summed E-state index contributed by atoms with van der Waals surface area (Å²) in [6.45, 7) is 2.89. The van der Waals surface area contributed by atoms with Gasteiger partial charge in [0.15, 0.2) is 5.17 Å². The third kappa shape index (κ3) is 3.59. The summed E-state index contributed by atoms with van der Waals surface area (Å²) in [7, 11) is -3.70. The topological polar surface area (TPSA) is 78.8 Å². The predicted octanol–water partition coefficient (Wildman–Crippen LogP) is 2.68. The number of anilines is 1. The fourth-order valence-electron chi connectivity index (χ4n) is 3.12. The Balaban J connectivity index is 1.67. The average Bonchev–Trinajstić information content (AvgIpc) is 2.59. The highest BCUT2D eigenvalue weighted by Gasteiger charge is 2.28. The number of likely N-dealkylation sites (tertiary alicyclic amines) is 1. The molecule has 0 radical (unpaired) electrons. The van der Waals surface area contributed by atoms with Crippen LogP contribution in [0.5, 0.6) is 0 Å². The van der Waals surface area contributed by atoms with Crippen LogP contribution >= 0.6 is 11.8 Å². The second-order valence-corrected chi connectivity index (χ2v) is 8.46. The van der Waals surface area contributed by atoms with Gasteiger partial charge in [0.1, 0.15) is 4.90 Å². The molecule has 1 N–H and O–H groups in total. The third-order valence-corrected chi connectivity index (χ3v) is 6.67. The first-order chi connectivity index (χ1) is 11.5. The monoisotopic (exact) mass is 367 g/mol. The maximum Gasteiger partial charge on any atom is 0.286 e. The Hall–Kier alpha value is -1.54. The summed E-state index contributed by atoms with van der Waals surface area (Å²) in [5.41, 5.74) is 0.506. The number of thioether (sulfide) groups is 1.